The number of ether oxygens (including phenoxy) is 5. The number of allylic oxidation sites excluding steroid dienone is 1. The molecule has 1 spiro atoms. The summed E-state index contributed by atoms with van der Waals surface area (Å²) in [7, 11) is 8.33. The molecule has 0 aromatic heterocycles. The summed E-state index contributed by atoms with van der Waals surface area (Å²) in [6.07, 6.45) is 4.76. The summed E-state index contributed by atoms with van der Waals surface area (Å²) in [6.45, 7) is 8.14. The molecule has 9 heteroatoms. The summed E-state index contributed by atoms with van der Waals surface area (Å²) in [5.41, 5.74) is 3.86. The number of carbonyl (C=O) groups is 1. The van der Waals surface area contributed by atoms with E-state index in [1.807, 2.05) is 30.0 Å². The lowest BCUT2D eigenvalue weighted by molar-refractivity contribution is 0.0670. The van der Waals surface area contributed by atoms with Crippen LogP contribution in [0.4, 0.5) is 4.79 Å². The third-order valence-corrected chi connectivity index (χ3v) is 8.39. The van der Waals surface area contributed by atoms with Crippen molar-refractivity contribution in [2.75, 3.05) is 61.8 Å². The molecular weight excluding hydrogens is 522 g/mol. The van der Waals surface area contributed by atoms with E-state index < -0.39 is 0 Å². The molecule has 2 aromatic carbocycles. The van der Waals surface area contributed by atoms with Crippen molar-refractivity contribution in [2.24, 2.45) is 0 Å². The van der Waals surface area contributed by atoms with Gasteiger partial charge >= 0.3 is 6.03 Å². The minimum atomic E-state index is -0.384. The van der Waals surface area contributed by atoms with Gasteiger partial charge in [-0.1, -0.05) is 13.0 Å². The van der Waals surface area contributed by atoms with Gasteiger partial charge in [0.2, 0.25) is 0 Å². The molecule has 9 nitrogen and oxygen atoms in total. The zero-order valence-corrected chi connectivity index (χ0v) is 25.6. The number of benzene rings is 2. The molecule has 0 saturated carbocycles. The van der Waals surface area contributed by atoms with Crippen LogP contribution in [0.15, 0.2) is 42.1 Å². The summed E-state index contributed by atoms with van der Waals surface area (Å²) in [4.78, 5) is 20.6. The van der Waals surface area contributed by atoms with Crippen LogP contribution in [0.1, 0.15) is 42.9 Å². The molecule has 2 heterocycles. The first-order chi connectivity index (χ1) is 19.8. The number of nitrogens with zero attached hydrogens (tertiary/aromatic N) is 3. The standard InChI is InChI=1S/C32H45N3O6/c1-8-9-30-32(10-12-33(13-11-32)21-24-16-26(38-4)19-27(17-24)39-5)35(14-15-37-3)31(36)34(30)22-25-18-28(40-6)20-29(41-7)23(25)2/h9,16-20H,8,10-15,21-22H2,1-7H3/b30-9-. The van der Waals surface area contributed by atoms with E-state index >= 15 is 0 Å². The van der Waals surface area contributed by atoms with Crippen LogP contribution >= 0.6 is 0 Å². The number of amides is 2. The summed E-state index contributed by atoms with van der Waals surface area (Å²) in [5, 5.41) is 0. The maximum Gasteiger partial charge on any atom is 0.325 e. The Morgan fingerprint density at radius 2 is 1.49 bits per heavy atom. The van der Waals surface area contributed by atoms with E-state index in [-0.39, 0.29) is 11.6 Å². The molecule has 224 valence electrons. The molecular formula is C32H45N3O6. The van der Waals surface area contributed by atoms with Crippen LogP contribution in [0.2, 0.25) is 0 Å². The number of methoxy groups -OCH3 is 5. The van der Waals surface area contributed by atoms with E-state index in [4.69, 9.17) is 23.7 Å². The van der Waals surface area contributed by atoms with Crippen LogP contribution in [0, 0.1) is 6.92 Å². The van der Waals surface area contributed by atoms with E-state index in [9.17, 15) is 4.79 Å². The first kappa shape index (κ1) is 30.5. The van der Waals surface area contributed by atoms with Crippen molar-refractivity contribution < 1.29 is 28.5 Å². The largest absolute Gasteiger partial charge is 0.497 e. The Balaban J connectivity index is 1.63. The highest BCUT2D eigenvalue weighted by Crippen LogP contribution is 2.45. The number of likely N-dealkylation sites (tertiary alicyclic amines) is 1. The number of rotatable bonds is 12. The lowest BCUT2D eigenvalue weighted by Crippen LogP contribution is -2.54. The first-order valence-electron chi connectivity index (χ1n) is 14.3. The molecule has 2 aliphatic heterocycles. The number of hydrogen-bond donors (Lipinski definition) is 0. The van der Waals surface area contributed by atoms with Crippen molar-refractivity contribution in [3.05, 3.63) is 58.8 Å². The molecule has 2 aromatic rings. The van der Waals surface area contributed by atoms with E-state index in [0.29, 0.717) is 25.4 Å². The third-order valence-electron chi connectivity index (χ3n) is 8.39. The predicted molar refractivity (Wildman–Crippen MR) is 159 cm³/mol. The minimum absolute atomic E-state index is 0.0221. The summed E-state index contributed by atoms with van der Waals surface area (Å²) >= 11 is 0. The van der Waals surface area contributed by atoms with Crippen LogP contribution < -0.4 is 18.9 Å². The van der Waals surface area contributed by atoms with E-state index in [0.717, 1.165) is 78.5 Å². The van der Waals surface area contributed by atoms with Gasteiger partial charge in [0.25, 0.3) is 0 Å². The van der Waals surface area contributed by atoms with Crippen LogP contribution in [-0.2, 0) is 17.8 Å². The minimum Gasteiger partial charge on any atom is -0.497 e. The second kappa shape index (κ2) is 13.5. The average Bonchev–Trinajstić information content (AvgIpc) is 3.19. The van der Waals surface area contributed by atoms with Gasteiger partial charge in [0, 0.05) is 51.1 Å². The number of piperidine rings is 1. The molecule has 2 fully saturated rings. The van der Waals surface area contributed by atoms with Gasteiger partial charge in [-0.05, 0) is 61.1 Å². The lowest BCUT2D eigenvalue weighted by Gasteiger charge is -2.44. The quantitative estimate of drug-likeness (QED) is 0.347. The van der Waals surface area contributed by atoms with Crippen molar-refractivity contribution in [3.63, 3.8) is 0 Å². The van der Waals surface area contributed by atoms with Gasteiger partial charge in [-0.3, -0.25) is 9.80 Å². The van der Waals surface area contributed by atoms with Crippen molar-refractivity contribution in [3.8, 4) is 23.0 Å². The topological polar surface area (TPSA) is 72.9 Å². The molecule has 41 heavy (non-hydrogen) atoms. The summed E-state index contributed by atoms with van der Waals surface area (Å²) in [5.74, 6) is 3.03. The first-order valence-corrected chi connectivity index (χ1v) is 14.3. The van der Waals surface area contributed by atoms with Crippen molar-refractivity contribution in [1.82, 2.24) is 14.7 Å². The highest BCUT2D eigenvalue weighted by Gasteiger charge is 2.54. The molecule has 0 N–H and O–H groups in total. The van der Waals surface area contributed by atoms with Gasteiger partial charge in [-0.2, -0.15) is 0 Å². The zero-order valence-electron chi connectivity index (χ0n) is 25.6. The fourth-order valence-corrected chi connectivity index (χ4v) is 6.16. The smallest absolute Gasteiger partial charge is 0.325 e. The van der Waals surface area contributed by atoms with Crippen LogP contribution in [0.5, 0.6) is 23.0 Å². The summed E-state index contributed by atoms with van der Waals surface area (Å²) in [6, 6.07) is 9.92. The molecule has 0 bridgehead atoms. The molecule has 0 unspecified atom stereocenters. The Labute approximate surface area is 244 Å². The normalized spacial score (nSPS) is 17.9. The Morgan fingerprint density at radius 1 is 0.854 bits per heavy atom. The van der Waals surface area contributed by atoms with Crippen LogP contribution in [0.3, 0.4) is 0 Å². The van der Waals surface area contributed by atoms with Crippen molar-refractivity contribution in [1.29, 1.82) is 0 Å². The predicted octanol–water partition coefficient (Wildman–Crippen LogP) is 5.24. The van der Waals surface area contributed by atoms with Crippen LogP contribution in [0.25, 0.3) is 0 Å². The molecule has 2 amide bonds. The fraction of sp³-hybridized carbons (Fsp3) is 0.531. The molecule has 2 aliphatic rings. The van der Waals surface area contributed by atoms with Gasteiger partial charge in [-0.15, -0.1) is 0 Å². The second-order valence-electron chi connectivity index (χ2n) is 10.7. The van der Waals surface area contributed by atoms with E-state index in [1.165, 1.54) is 0 Å². The Morgan fingerprint density at radius 3 is 2.05 bits per heavy atom. The lowest BCUT2D eigenvalue weighted by atomic mass is 9.82. The van der Waals surface area contributed by atoms with Gasteiger partial charge in [0.05, 0.1) is 47.1 Å². The molecule has 0 aliphatic carbocycles. The highest BCUT2D eigenvalue weighted by molar-refractivity contribution is 5.82. The monoisotopic (exact) mass is 567 g/mol. The maximum absolute atomic E-state index is 14.2. The average molecular weight is 568 g/mol. The van der Waals surface area contributed by atoms with E-state index in [1.54, 1.807) is 35.5 Å². The van der Waals surface area contributed by atoms with Gasteiger partial charge in [0.1, 0.15) is 23.0 Å². The highest BCUT2D eigenvalue weighted by atomic mass is 16.5. The van der Waals surface area contributed by atoms with Gasteiger partial charge in [0.15, 0.2) is 0 Å². The second-order valence-corrected chi connectivity index (χ2v) is 10.7. The molecule has 0 radical (unpaired) electrons. The molecule has 0 atom stereocenters. The van der Waals surface area contributed by atoms with Crippen molar-refractivity contribution in [2.45, 2.75) is 51.7 Å². The SMILES string of the molecule is CC/C=C1\N(Cc2cc(OC)cc(OC)c2C)C(=O)N(CCOC)C12CCN(Cc1cc(OC)cc(OC)c1)CC2. The molecule has 4 rings (SSSR count). The number of hydrogen-bond acceptors (Lipinski definition) is 7. The van der Waals surface area contributed by atoms with Gasteiger partial charge in [-0.25, -0.2) is 4.79 Å². The number of urea groups is 1. The number of carbonyl (C=O) groups excluding carboxylic acids is 1. The van der Waals surface area contributed by atoms with Crippen LogP contribution in [-0.4, -0.2) is 88.1 Å². The molecule has 2 saturated heterocycles. The Kier molecular flexibility index (Phi) is 10.0. The summed E-state index contributed by atoms with van der Waals surface area (Å²) < 4.78 is 27.6. The Bertz CT molecular complexity index is 1220. The Hall–Kier alpha value is -3.43. The van der Waals surface area contributed by atoms with Gasteiger partial charge < -0.3 is 28.6 Å². The van der Waals surface area contributed by atoms with E-state index in [2.05, 4.69) is 34.9 Å². The third kappa shape index (κ3) is 6.26. The van der Waals surface area contributed by atoms with Crippen molar-refractivity contribution >= 4 is 6.03 Å². The zero-order chi connectivity index (χ0) is 29.6. The fourth-order valence-electron chi connectivity index (χ4n) is 6.16. The maximum atomic E-state index is 14.2.